The van der Waals surface area contributed by atoms with Crippen molar-refractivity contribution in [2.75, 3.05) is 5.32 Å². The number of benzene rings is 2. The van der Waals surface area contributed by atoms with Gasteiger partial charge in [0.25, 0.3) is 0 Å². The molecule has 0 atom stereocenters. The lowest BCUT2D eigenvalue weighted by atomic mass is 10.1. The van der Waals surface area contributed by atoms with Gasteiger partial charge in [-0.15, -0.1) is 0 Å². The summed E-state index contributed by atoms with van der Waals surface area (Å²) in [6.45, 7) is 0. The molecular weight excluding hydrogens is 341 g/mol. The Kier molecular flexibility index (Phi) is 4.70. The van der Waals surface area contributed by atoms with E-state index in [0.29, 0.717) is 0 Å². The normalized spacial score (nSPS) is 10.2. The minimum absolute atomic E-state index is 0.0207. The highest BCUT2D eigenvalue weighted by atomic mass is 79.9. The number of para-hydroxylation sites is 1. The molecule has 2 aromatic carbocycles. The summed E-state index contributed by atoms with van der Waals surface area (Å²) in [5.41, 5.74) is 0.137. The monoisotopic (exact) mass is 351 g/mol. The first kappa shape index (κ1) is 15.2. The Hall–Kier alpha value is -2.21. The second-order valence-corrected chi connectivity index (χ2v) is 5.24. The molecule has 0 heterocycles. The number of hydrogen-bond acceptors (Lipinski definition) is 2. The average molecular weight is 352 g/mol. The molecule has 2 N–H and O–H groups in total. The van der Waals surface area contributed by atoms with Crippen LogP contribution in [0.4, 0.5) is 10.1 Å². The van der Waals surface area contributed by atoms with Crippen LogP contribution in [-0.2, 0) is 11.2 Å². The van der Waals surface area contributed by atoms with Crippen molar-refractivity contribution in [1.82, 2.24) is 0 Å². The predicted octanol–water partition coefficient (Wildman–Crippen LogP) is 3.47. The van der Waals surface area contributed by atoms with Crippen LogP contribution in [-0.4, -0.2) is 17.0 Å². The van der Waals surface area contributed by atoms with Crippen molar-refractivity contribution < 1.29 is 19.1 Å². The summed E-state index contributed by atoms with van der Waals surface area (Å²) in [5, 5.41) is 11.3. The van der Waals surface area contributed by atoms with Crippen LogP contribution in [0.1, 0.15) is 15.9 Å². The average Bonchev–Trinajstić information content (AvgIpc) is 2.40. The Bertz CT molecular complexity index is 703. The largest absolute Gasteiger partial charge is 0.478 e. The molecule has 6 heteroatoms. The first-order valence-electron chi connectivity index (χ1n) is 6.03. The van der Waals surface area contributed by atoms with Gasteiger partial charge in [0.1, 0.15) is 5.82 Å². The Morgan fingerprint density at radius 3 is 2.57 bits per heavy atom. The molecular formula is C15H11BrFNO3. The molecule has 108 valence electrons. The van der Waals surface area contributed by atoms with E-state index in [4.69, 9.17) is 5.11 Å². The summed E-state index contributed by atoms with van der Waals surface area (Å²) in [6, 6.07) is 10.7. The highest BCUT2D eigenvalue weighted by Crippen LogP contribution is 2.20. The van der Waals surface area contributed by atoms with Crippen LogP contribution in [0.2, 0.25) is 0 Å². The number of carboxylic acid groups (broad SMARTS) is 1. The van der Waals surface area contributed by atoms with Crippen molar-refractivity contribution in [2.45, 2.75) is 6.42 Å². The fraction of sp³-hybridized carbons (Fsp3) is 0.0667. The van der Waals surface area contributed by atoms with Gasteiger partial charge in [-0.2, -0.15) is 0 Å². The minimum atomic E-state index is -1.30. The molecule has 4 nitrogen and oxygen atoms in total. The van der Waals surface area contributed by atoms with Crippen LogP contribution in [0.5, 0.6) is 0 Å². The zero-order chi connectivity index (χ0) is 15.4. The van der Waals surface area contributed by atoms with E-state index in [-0.39, 0.29) is 17.7 Å². The van der Waals surface area contributed by atoms with Gasteiger partial charge in [-0.05, 0) is 29.8 Å². The molecule has 0 aliphatic rings. The smallest absolute Gasteiger partial charge is 0.337 e. The van der Waals surface area contributed by atoms with E-state index in [1.54, 1.807) is 18.2 Å². The van der Waals surface area contributed by atoms with E-state index in [2.05, 4.69) is 21.2 Å². The third-order valence-corrected chi connectivity index (χ3v) is 3.26. The summed E-state index contributed by atoms with van der Waals surface area (Å²) in [4.78, 5) is 23.0. The zero-order valence-corrected chi connectivity index (χ0v) is 12.4. The van der Waals surface area contributed by atoms with Crippen LogP contribution < -0.4 is 5.32 Å². The fourth-order valence-electron chi connectivity index (χ4n) is 1.85. The molecule has 0 saturated heterocycles. The number of anilines is 1. The van der Waals surface area contributed by atoms with E-state index in [1.165, 1.54) is 12.1 Å². The number of halogens is 2. The summed E-state index contributed by atoms with van der Waals surface area (Å²) >= 11 is 3.29. The molecule has 2 aromatic rings. The van der Waals surface area contributed by atoms with Crippen molar-refractivity contribution in [1.29, 1.82) is 0 Å². The van der Waals surface area contributed by atoms with Gasteiger partial charge in [0.2, 0.25) is 5.91 Å². The lowest BCUT2D eigenvalue weighted by Crippen LogP contribution is -2.18. The van der Waals surface area contributed by atoms with Crippen LogP contribution in [0, 0.1) is 5.82 Å². The molecule has 0 radical (unpaired) electrons. The van der Waals surface area contributed by atoms with Crippen molar-refractivity contribution in [3.05, 3.63) is 63.9 Å². The lowest BCUT2D eigenvalue weighted by molar-refractivity contribution is -0.115. The second kappa shape index (κ2) is 6.49. The van der Waals surface area contributed by atoms with Gasteiger partial charge in [0.15, 0.2) is 0 Å². The van der Waals surface area contributed by atoms with Crippen molar-refractivity contribution >= 4 is 33.5 Å². The fourth-order valence-corrected chi connectivity index (χ4v) is 2.29. The van der Waals surface area contributed by atoms with Gasteiger partial charge < -0.3 is 10.4 Å². The molecule has 0 aromatic heterocycles. The van der Waals surface area contributed by atoms with E-state index in [9.17, 15) is 14.0 Å². The maximum absolute atomic E-state index is 13.7. The molecule has 0 bridgehead atoms. The first-order valence-corrected chi connectivity index (χ1v) is 6.83. The maximum atomic E-state index is 13.7. The Labute approximate surface area is 128 Å². The van der Waals surface area contributed by atoms with Crippen LogP contribution in [0.3, 0.4) is 0 Å². The quantitative estimate of drug-likeness (QED) is 0.886. The van der Waals surface area contributed by atoms with Gasteiger partial charge in [-0.25, -0.2) is 9.18 Å². The predicted molar refractivity (Wildman–Crippen MR) is 79.8 cm³/mol. The van der Waals surface area contributed by atoms with Gasteiger partial charge in [-0.3, -0.25) is 4.79 Å². The molecule has 1 amide bonds. The first-order chi connectivity index (χ1) is 9.97. The molecule has 0 spiro atoms. The number of carboxylic acids is 1. The number of carbonyl (C=O) groups is 2. The number of rotatable bonds is 4. The number of aromatic carboxylic acids is 1. The highest BCUT2D eigenvalue weighted by molar-refractivity contribution is 9.10. The molecule has 0 unspecified atom stereocenters. The molecule has 21 heavy (non-hydrogen) atoms. The van der Waals surface area contributed by atoms with Crippen molar-refractivity contribution in [3.8, 4) is 0 Å². The molecule has 0 aliphatic heterocycles. The number of hydrogen-bond donors (Lipinski definition) is 2. The van der Waals surface area contributed by atoms with Gasteiger partial charge in [-0.1, -0.05) is 34.1 Å². The molecule has 2 rings (SSSR count). The van der Waals surface area contributed by atoms with E-state index >= 15 is 0 Å². The van der Waals surface area contributed by atoms with E-state index in [1.807, 2.05) is 6.07 Å². The third kappa shape index (κ3) is 3.88. The Balaban J connectivity index is 2.18. The number of nitrogens with one attached hydrogen (secondary N) is 1. The Morgan fingerprint density at radius 1 is 1.19 bits per heavy atom. The highest BCUT2D eigenvalue weighted by Gasteiger charge is 2.16. The van der Waals surface area contributed by atoms with E-state index in [0.717, 1.165) is 16.1 Å². The molecule has 0 saturated carbocycles. The van der Waals surface area contributed by atoms with Crippen LogP contribution >= 0.6 is 15.9 Å². The molecule has 0 aliphatic carbocycles. The topological polar surface area (TPSA) is 66.4 Å². The number of carbonyl (C=O) groups excluding carboxylic acids is 1. The van der Waals surface area contributed by atoms with Gasteiger partial charge >= 0.3 is 5.97 Å². The SMILES string of the molecule is O=C(Cc1cccc(Br)c1)Nc1c(F)cccc1C(=O)O. The summed E-state index contributed by atoms with van der Waals surface area (Å²) in [7, 11) is 0. The molecule has 0 fully saturated rings. The summed E-state index contributed by atoms with van der Waals surface area (Å²) in [6.07, 6.45) is 0.0207. The van der Waals surface area contributed by atoms with E-state index < -0.39 is 17.7 Å². The summed E-state index contributed by atoms with van der Waals surface area (Å²) in [5.74, 6) is -2.56. The Morgan fingerprint density at radius 2 is 1.90 bits per heavy atom. The zero-order valence-electron chi connectivity index (χ0n) is 10.8. The minimum Gasteiger partial charge on any atom is -0.478 e. The van der Waals surface area contributed by atoms with Crippen molar-refractivity contribution in [3.63, 3.8) is 0 Å². The van der Waals surface area contributed by atoms with Crippen LogP contribution in [0.25, 0.3) is 0 Å². The lowest BCUT2D eigenvalue weighted by Gasteiger charge is -2.09. The van der Waals surface area contributed by atoms with Crippen LogP contribution in [0.15, 0.2) is 46.9 Å². The third-order valence-electron chi connectivity index (χ3n) is 2.76. The standard InChI is InChI=1S/C15H11BrFNO3/c16-10-4-1-3-9(7-10)8-13(19)18-14-11(15(20)21)5-2-6-12(14)17/h1-7H,8H2,(H,18,19)(H,20,21). The summed E-state index contributed by atoms with van der Waals surface area (Å²) < 4.78 is 14.5. The van der Waals surface area contributed by atoms with Gasteiger partial charge in [0.05, 0.1) is 17.7 Å². The number of amides is 1. The second-order valence-electron chi connectivity index (χ2n) is 4.32. The van der Waals surface area contributed by atoms with Crippen molar-refractivity contribution in [2.24, 2.45) is 0 Å². The maximum Gasteiger partial charge on any atom is 0.337 e. The van der Waals surface area contributed by atoms with Gasteiger partial charge in [0, 0.05) is 4.47 Å².